The number of hydrogen-bond donors (Lipinski definition) is 4. The highest BCUT2D eigenvalue weighted by molar-refractivity contribution is 7.98. The van der Waals surface area contributed by atoms with Crippen molar-refractivity contribution in [1.29, 1.82) is 0 Å². The van der Waals surface area contributed by atoms with Crippen LogP contribution in [0.4, 0.5) is 5.95 Å². The van der Waals surface area contributed by atoms with Crippen molar-refractivity contribution in [3.63, 3.8) is 0 Å². The fourth-order valence-electron chi connectivity index (χ4n) is 3.86. The first kappa shape index (κ1) is 23.1. The Balaban J connectivity index is 1.53. The van der Waals surface area contributed by atoms with Gasteiger partial charge in [0.25, 0.3) is 0 Å². The molecule has 34 heavy (non-hydrogen) atoms. The number of para-hydroxylation sites is 1. The molecule has 11 nitrogen and oxygen atoms in total. The monoisotopic (exact) mass is 503 g/mol. The van der Waals surface area contributed by atoms with Crippen LogP contribution < -0.4 is 11.4 Å². The Kier molecular flexibility index (Phi) is 6.22. The molecule has 4 atom stereocenters. The molecule has 5 rings (SSSR count). The van der Waals surface area contributed by atoms with Crippen LogP contribution in [-0.4, -0.2) is 66.0 Å². The molecule has 178 valence electrons. The summed E-state index contributed by atoms with van der Waals surface area (Å²) in [6, 6.07) is 9.03. The molecule has 0 bridgehead atoms. The molecule has 0 aliphatic carbocycles. The molecule has 4 heterocycles. The van der Waals surface area contributed by atoms with Gasteiger partial charge < -0.3 is 30.2 Å². The third-order valence-electron chi connectivity index (χ3n) is 5.52. The zero-order chi connectivity index (χ0) is 24.0. The van der Waals surface area contributed by atoms with E-state index in [0.29, 0.717) is 32.5 Å². The lowest BCUT2D eigenvalue weighted by Gasteiger charge is -2.18. The smallest absolute Gasteiger partial charge is 0.340 e. The van der Waals surface area contributed by atoms with Gasteiger partial charge in [-0.1, -0.05) is 41.7 Å². The van der Waals surface area contributed by atoms with E-state index in [1.165, 1.54) is 28.1 Å². The van der Waals surface area contributed by atoms with Crippen molar-refractivity contribution in [2.24, 2.45) is 0 Å². The molecule has 1 aliphatic rings. The van der Waals surface area contributed by atoms with Gasteiger partial charge >= 0.3 is 5.63 Å². The van der Waals surface area contributed by atoms with Gasteiger partial charge in [-0.2, -0.15) is 4.98 Å². The average Bonchev–Trinajstić information content (AvgIpc) is 3.33. The molecule has 1 aliphatic heterocycles. The van der Waals surface area contributed by atoms with Crippen molar-refractivity contribution >= 4 is 51.6 Å². The van der Waals surface area contributed by atoms with Crippen LogP contribution in [0.1, 0.15) is 11.8 Å². The molecule has 1 aromatic carbocycles. The highest BCUT2D eigenvalue weighted by Gasteiger charge is 2.45. The van der Waals surface area contributed by atoms with E-state index in [9.17, 15) is 20.1 Å². The van der Waals surface area contributed by atoms with Crippen LogP contribution in [0.25, 0.3) is 22.1 Å². The van der Waals surface area contributed by atoms with Gasteiger partial charge in [0.15, 0.2) is 17.0 Å². The van der Waals surface area contributed by atoms with Gasteiger partial charge in [0, 0.05) is 16.7 Å². The van der Waals surface area contributed by atoms with E-state index in [1.807, 2.05) is 12.1 Å². The normalized spacial score (nSPS) is 22.7. The number of aliphatic hydroxyl groups is 3. The van der Waals surface area contributed by atoms with Crippen LogP contribution in [0.5, 0.6) is 0 Å². The minimum absolute atomic E-state index is 0.0268. The van der Waals surface area contributed by atoms with Crippen molar-refractivity contribution in [2.45, 2.75) is 40.5 Å². The number of nitrogen functional groups attached to an aromatic ring is 1. The Morgan fingerprint density at radius 3 is 2.71 bits per heavy atom. The van der Waals surface area contributed by atoms with Crippen molar-refractivity contribution in [1.82, 2.24) is 19.5 Å². The predicted molar refractivity (Wildman–Crippen MR) is 127 cm³/mol. The zero-order valence-electron chi connectivity index (χ0n) is 17.9. The molecular formula is C21H21N5O6S2. The summed E-state index contributed by atoms with van der Waals surface area (Å²) < 4.78 is 12.6. The molecule has 4 aromatic rings. The lowest BCUT2D eigenvalue weighted by molar-refractivity contribution is -0.0548. The molecule has 0 unspecified atom stereocenters. The molecule has 13 heteroatoms. The molecule has 0 saturated carbocycles. The van der Waals surface area contributed by atoms with Crippen LogP contribution in [0, 0.1) is 0 Å². The maximum atomic E-state index is 12.4. The molecule has 0 radical (unpaired) electrons. The lowest BCUT2D eigenvalue weighted by atomic mass is 10.1. The second-order valence-corrected chi connectivity index (χ2v) is 9.38. The van der Waals surface area contributed by atoms with Gasteiger partial charge in [-0.15, -0.1) is 0 Å². The molecule has 5 N–H and O–H groups in total. The summed E-state index contributed by atoms with van der Waals surface area (Å²) in [6.07, 6.45) is -2.77. The molecular weight excluding hydrogens is 482 g/mol. The number of rotatable bonds is 6. The van der Waals surface area contributed by atoms with E-state index in [-0.39, 0.29) is 11.7 Å². The van der Waals surface area contributed by atoms with Crippen molar-refractivity contribution < 1.29 is 24.5 Å². The maximum Gasteiger partial charge on any atom is 0.340 e. The number of nitrogens with zero attached hydrogens (tertiary/aromatic N) is 4. The summed E-state index contributed by atoms with van der Waals surface area (Å²) in [7, 11) is 0. The Morgan fingerprint density at radius 1 is 1.18 bits per heavy atom. The fraction of sp³-hybridized carbons (Fsp3) is 0.333. The number of imidazole rings is 1. The summed E-state index contributed by atoms with van der Waals surface area (Å²) in [5.41, 5.74) is 7.22. The van der Waals surface area contributed by atoms with Crippen LogP contribution in [0.2, 0.25) is 0 Å². The van der Waals surface area contributed by atoms with Gasteiger partial charge in [0.2, 0.25) is 5.95 Å². The largest absolute Gasteiger partial charge is 0.423 e. The van der Waals surface area contributed by atoms with Crippen molar-refractivity contribution in [2.75, 3.05) is 18.6 Å². The van der Waals surface area contributed by atoms with Crippen LogP contribution in [0.15, 0.2) is 49.7 Å². The van der Waals surface area contributed by atoms with Gasteiger partial charge in [-0.05, 0) is 18.4 Å². The van der Waals surface area contributed by atoms with E-state index < -0.39 is 36.8 Å². The van der Waals surface area contributed by atoms with Gasteiger partial charge in [0.05, 0.1) is 6.61 Å². The predicted octanol–water partition coefficient (Wildman–Crippen LogP) is 1.14. The molecule has 1 saturated heterocycles. The highest BCUT2D eigenvalue weighted by atomic mass is 32.2. The minimum Gasteiger partial charge on any atom is -0.423 e. The Hall–Kier alpha value is -2.68. The standard InChI is InChI=1S/C21H21N5O6S2/c1-33-21-23-13-16(26(21)18-15(29)14(28)12(7-27)31-18)24-20(22)25-17(13)34-8-10-6-9-4-2-3-5-11(9)32-19(10)30/h2-6,12,14-15,18,27-29H,7-8H2,1H3,(H2,22,24,25)/t12-,14-,15-,18-/m1/s1. The van der Waals surface area contributed by atoms with Crippen LogP contribution in [-0.2, 0) is 10.5 Å². The van der Waals surface area contributed by atoms with E-state index in [0.717, 1.165) is 5.39 Å². The summed E-state index contributed by atoms with van der Waals surface area (Å²) >= 11 is 2.54. The van der Waals surface area contributed by atoms with Gasteiger partial charge in [0.1, 0.15) is 34.4 Å². The number of aliphatic hydroxyl groups excluding tert-OH is 3. The van der Waals surface area contributed by atoms with E-state index in [4.69, 9.17) is 14.9 Å². The second kappa shape index (κ2) is 9.17. The van der Waals surface area contributed by atoms with E-state index in [2.05, 4.69) is 15.0 Å². The second-order valence-electron chi connectivity index (χ2n) is 7.64. The zero-order valence-corrected chi connectivity index (χ0v) is 19.5. The minimum atomic E-state index is -1.31. The number of ether oxygens (including phenoxy) is 1. The van der Waals surface area contributed by atoms with E-state index in [1.54, 1.807) is 24.5 Å². The Labute approximate surface area is 201 Å². The van der Waals surface area contributed by atoms with E-state index >= 15 is 0 Å². The summed E-state index contributed by atoms with van der Waals surface area (Å²) in [5, 5.41) is 31.9. The molecule has 0 amide bonds. The quantitative estimate of drug-likeness (QED) is 0.168. The third-order valence-corrected chi connectivity index (χ3v) is 7.19. The number of nitrogens with two attached hydrogens (primary N) is 1. The first-order valence-corrected chi connectivity index (χ1v) is 12.5. The third kappa shape index (κ3) is 3.93. The van der Waals surface area contributed by atoms with Crippen LogP contribution >= 0.6 is 23.5 Å². The Bertz CT molecular complexity index is 1430. The van der Waals surface area contributed by atoms with Crippen molar-refractivity contribution in [3.05, 3.63) is 46.3 Å². The summed E-state index contributed by atoms with van der Waals surface area (Å²) in [5.74, 6) is 0.231. The topological polar surface area (TPSA) is 170 Å². The lowest BCUT2D eigenvalue weighted by Crippen LogP contribution is -2.33. The molecule has 0 spiro atoms. The number of thioether (sulfide) groups is 2. The first-order valence-electron chi connectivity index (χ1n) is 10.3. The van der Waals surface area contributed by atoms with Gasteiger partial charge in [-0.25, -0.2) is 14.8 Å². The average molecular weight is 504 g/mol. The summed E-state index contributed by atoms with van der Waals surface area (Å²) in [6.45, 7) is -0.456. The number of benzene rings is 1. The SMILES string of the molecule is CSc1nc2c(SCc3cc4ccccc4oc3=O)nc(N)nc2n1[C@@H]1O[C@H](CO)[C@@H](O)[C@H]1O. The van der Waals surface area contributed by atoms with Gasteiger partial charge in [-0.3, -0.25) is 4.57 Å². The highest BCUT2D eigenvalue weighted by Crippen LogP contribution is 2.37. The number of fused-ring (bicyclic) bond motifs is 2. The molecule has 3 aromatic heterocycles. The number of aromatic nitrogens is 4. The number of anilines is 1. The first-order chi connectivity index (χ1) is 16.4. The molecule has 1 fully saturated rings. The summed E-state index contributed by atoms with van der Waals surface area (Å²) in [4.78, 5) is 25.6. The maximum absolute atomic E-state index is 12.4. The fourth-order valence-corrected chi connectivity index (χ4v) is 5.36. The van der Waals surface area contributed by atoms with Crippen LogP contribution in [0.3, 0.4) is 0 Å². The number of hydrogen-bond acceptors (Lipinski definition) is 12. The van der Waals surface area contributed by atoms with Crippen molar-refractivity contribution in [3.8, 4) is 0 Å². The Morgan fingerprint density at radius 2 is 1.97 bits per heavy atom.